The van der Waals surface area contributed by atoms with Gasteiger partial charge in [0, 0.05) is 0 Å². The molecule has 9 heteroatoms. The summed E-state index contributed by atoms with van der Waals surface area (Å²) in [6, 6.07) is 14.3. The van der Waals surface area contributed by atoms with Gasteiger partial charge in [0.1, 0.15) is 18.0 Å². The van der Waals surface area contributed by atoms with Gasteiger partial charge in [-0.1, -0.05) is 65.0 Å². The Morgan fingerprint density at radius 1 is 0.717 bits per heavy atom. The number of aryl methyl sites for hydroxylation is 1. The predicted molar refractivity (Wildman–Crippen MR) is 173 cm³/mol. The lowest BCUT2D eigenvalue weighted by molar-refractivity contribution is -0.148. The van der Waals surface area contributed by atoms with Gasteiger partial charge in [0.05, 0.1) is 43.5 Å². The molecule has 9 nitrogen and oxygen atoms in total. The molecule has 0 amide bonds. The van der Waals surface area contributed by atoms with Crippen molar-refractivity contribution >= 4 is 17.9 Å². The van der Waals surface area contributed by atoms with Gasteiger partial charge in [-0.05, 0) is 74.1 Å². The molecule has 252 valence electrons. The lowest BCUT2D eigenvalue weighted by Crippen LogP contribution is -2.36. The third-order valence-corrected chi connectivity index (χ3v) is 8.64. The van der Waals surface area contributed by atoms with E-state index in [1.807, 2.05) is 38.1 Å². The van der Waals surface area contributed by atoms with Gasteiger partial charge >= 0.3 is 17.9 Å². The molecule has 0 spiro atoms. The second-order valence-corrected chi connectivity index (χ2v) is 12.3. The monoisotopic (exact) mass is 638 g/mol. The van der Waals surface area contributed by atoms with Gasteiger partial charge in [0.25, 0.3) is 0 Å². The van der Waals surface area contributed by atoms with Crippen molar-refractivity contribution in [1.82, 2.24) is 0 Å². The zero-order chi connectivity index (χ0) is 32.7. The first kappa shape index (κ1) is 35.4. The molecule has 2 fully saturated rings. The van der Waals surface area contributed by atoms with Gasteiger partial charge in [0.15, 0.2) is 12.2 Å². The van der Waals surface area contributed by atoms with E-state index in [0.29, 0.717) is 36.5 Å². The Labute approximate surface area is 273 Å². The van der Waals surface area contributed by atoms with Crippen LogP contribution in [0.3, 0.4) is 0 Å². The summed E-state index contributed by atoms with van der Waals surface area (Å²) >= 11 is 0. The van der Waals surface area contributed by atoms with Crippen LogP contribution >= 0.6 is 0 Å². The minimum Gasteiger partial charge on any atom is -0.494 e. The molecule has 0 aromatic heterocycles. The summed E-state index contributed by atoms with van der Waals surface area (Å²) in [5, 5.41) is 0. The minimum absolute atomic E-state index is 0.0791. The summed E-state index contributed by atoms with van der Waals surface area (Å²) < 4.78 is 34.2. The Kier molecular flexibility index (Phi) is 14.4. The predicted octanol–water partition coefficient (Wildman–Crippen LogP) is 6.89. The maximum Gasteiger partial charge on any atom is 0.338 e. The van der Waals surface area contributed by atoms with Gasteiger partial charge in [-0.25, -0.2) is 9.59 Å². The minimum atomic E-state index is -0.604. The molecule has 0 bridgehead atoms. The second-order valence-electron chi connectivity index (χ2n) is 12.3. The molecule has 0 aliphatic carbocycles. The molecule has 4 rings (SSSR count). The van der Waals surface area contributed by atoms with Crippen molar-refractivity contribution in [3.05, 3.63) is 65.2 Å². The number of unbranched alkanes of at least 4 members (excludes halogenated alkanes) is 6. The number of benzene rings is 2. The topological polar surface area (TPSA) is 107 Å². The quantitative estimate of drug-likeness (QED) is 0.0924. The van der Waals surface area contributed by atoms with Crippen LogP contribution in [0.1, 0.15) is 105 Å². The molecule has 1 unspecified atom stereocenters. The van der Waals surface area contributed by atoms with Crippen LogP contribution in [-0.2, 0) is 34.9 Å². The summed E-state index contributed by atoms with van der Waals surface area (Å²) in [5.41, 5.74) is 2.09. The van der Waals surface area contributed by atoms with Crippen molar-refractivity contribution in [2.45, 2.75) is 109 Å². The number of carbonyl (C=O) groups is 3. The highest BCUT2D eigenvalue weighted by Crippen LogP contribution is 2.31. The Bertz CT molecular complexity index is 1230. The van der Waals surface area contributed by atoms with Crippen molar-refractivity contribution in [2.75, 3.05) is 26.4 Å². The number of hydrogen-bond donors (Lipinski definition) is 0. The molecule has 46 heavy (non-hydrogen) atoms. The van der Waals surface area contributed by atoms with Crippen LogP contribution in [0.25, 0.3) is 0 Å². The first-order valence-electron chi connectivity index (χ1n) is 17.0. The fourth-order valence-electron chi connectivity index (χ4n) is 5.52. The first-order valence-corrected chi connectivity index (χ1v) is 17.0. The van der Waals surface area contributed by atoms with Crippen molar-refractivity contribution in [3.8, 4) is 5.75 Å². The Balaban J connectivity index is 1.14. The fourth-order valence-corrected chi connectivity index (χ4v) is 5.52. The Morgan fingerprint density at radius 3 is 1.85 bits per heavy atom. The SMILES string of the molecule is CCCCCCCCc1ccc(C(=O)O[C@@H]2CO[C@H]3[C@@H]2OC[C@@H]3OC(=O)c2ccc(OCCCCOC(=O)C(C)CC)cc2)cc1. The van der Waals surface area contributed by atoms with E-state index in [1.165, 1.54) is 37.7 Å². The van der Waals surface area contributed by atoms with Crippen LogP contribution < -0.4 is 4.74 Å². The van der Waals surface area contributed by atoms with E-state index >= 15 is 0 Å². The maximum absolute atomic E-state index is 12.9. The number of esters is 3. The normalized spacial score (nSPS) is 20.9. The molecular weight excluding hydrogens is 588 g/mol. The summed E-state index contributed by atoms with van der Waals surface area (Å²) in [6.07, 6.45) is 8.56. The van der Waals surface area contributed by atoms with Gasteiger partial charge < -0.3 is 28.4 Å². The number of hydrogen-bond acceptors (Lipinski definition) is 9. The molecule has 0 saturated carbocycles. The van der Waals surface area contributed by atoms with E-state index in [-0.39, 0.29) is 25.1 Å². The van der Waals surface area contributed by atoms with Gasteiger partial charge in [-0.15, -0.1) is 0 Å². The van der Waals surface area contributed by atoms with Crippen LogP contribution in [-0.4, -0.2) is 68.8 Å². The van der Waals surface area contributed by atoms with Gasteiger partial charge in [-0.2, -0.15) is 0 Å². The van der Waals surface area contributed by atoms with Crippen LogP contribution in [0.15, 0.2) is 48.5 Å². The number of fused-ring (bicyclic) bond motifs is 1. The fraction of sp³-hybridized carbons (Fsp3) is 0.595. The molecule has 2 aliphatic heterocycles. The molecule has 2 aliphatic rings. The van der Waals surface area contributed by atoms with Crippen molar-refractivity contribution in [1.29, 1.82) is 0 Å². The Morgan fingerprint density at radius 2 is 1.26 bits per heavy atom. The smallest absolute Gasteiger partial charge is 0.338 e. The van der Waals surface area contributed by atoms with Crippen LogP contribution in [0.2, 0.25) is 0 Å². The van der Waals surface area contributed by atoms with Crippen molar-refractivity contribution in [3.63, 3.8) is 0 Å². The molecule has 2 aromatic rings. The highest BCUT2D eigenvalue weighted by atomic mass is 16.7. The average Bonchev–Trinajstić information content (AvgIpc) is 3.67. The zero-order valence-electron chi connectivity index (χ0n) is 27.6. The Hall–Kier alpha value is -3.43. The third-order valence-electron chi connectivity index (χ3n) is 8.64. The molecule has 2 heterocycles. The first-order chi connectivity index (χ1) is 22.4. The van der Waals surface area contributed by atoms with Crippen LogP contribution in [0.5, 0.6) is 5.75 Å². The zero-order valence-corrected chi connectivity index (χ0v) is 27.6. The molecule has 0 N–H and O–H groups in total. The van der Waals surface area contributed by atoms with E-state index in [0.717, 1.165) is 25.7 Å². The lowest BCUT2D eigenvalue weighted by atomic mass is 10.0. The summed E-state index contributed by atoms with van der Waals surface area (Å²) in [6.45, 7) is 7.24. The number of ether oxygens (including phenoxy) is 6. The van der Waals surface area contributed by atoms with E-state index in [2.05, 4.69) is 6.92 Å². The van der Waals surface area contributed by atoms with E-state index in [1.54, 1.807) is 24.3 Å². The molecule has 2 aromatic carbocycles. The van der Waals surface area contributed by atoms with Gasteiger partial charge in [0.2, 0.25) is 0 Å². The molecular formula is C37H50O9. The number of carbonyl (C=O) groups excluding carboxylic acids is 3. The standard InChI is InChI=1S/C37H50O9/c1-4-6-7-8-9-10-13-27-14-16-28(17-15-27)36(39)45-31-24-43-34-32(25-44-33(31)34)46-37(40)29-18-20-30(21-19-29)41-22-11-12-23-42-35(38)26(3)5-2/h14-21,26,31-34H,4-13,22-25H2,1-3H3/t26?,31-,32+,33-,34-/m1/s1. The second kappa shape index (κ2) is 18.6. The maximum atomic E-state index is 12.9. The summed E-state index contributed by atoms with van der Waals surface area (Å²) in [4.78, 5) is 37.4. The molecule has 2 saturated heterocycles. The lowest BCUT2D eigenvalue weighted by Gasteiger charge is -2.17. The highest BCUT2D eigenvalue weighted by molar-refractivity contribution is 5.90. The number of rotatable bonds is 19. The average molecular weight is 639 g/mol. The van der Waals surface area contributed by atoms with E-state index < -0.39 is 36.4 Å². The van der Waals surface area contributed by atoms with Crippen LogP contribution in [0.4, 0.5) is 0 Å². The van der Waals surface area contributed by atoms with E-state index in [9.17, 15) is 14.4 Å². The molecule has 5 atom stereocenters. The van der Waals surface area contributed by atoms with E-state index in [4.69, 9.17) is 28.4 Å². The van der Waals surface area contributed by atoms with Gasteiger partial charge in [-0.3, -0.25) is 4.79 Å². The highest BCUT2D eigenvalue weighted by Gasteiger charge is 2.51. The van der Waals surface area contributed by atoms with Crippen molar-refractivity contribution < 1.29 is 42.8 Å². The van der Waals surface area contributed by atoms with Crippen LogP contribution in [0, 0.1) is 5.92 Å². The largest absolute Gasteiger partial charge is 0.494 e. The third kappa shape index (κ3) is 10.6. The van der Waals surface area contributed by atoms with Crippen molar-refractivity contribution in [2.24, 2.45) is 5.92 Å². The summed E-state index contributed by atoms with van der Waals surface area (Å²) in [5.74, 6) is -0.521. The summed E-state index contributed by atoms with van der Waals surface area (Å²) in [7, 11) is 0. The molecule has 0 radical (unpaired) electrons.